The van der Waals surface area contributed by atoms with Gasteiger partial charge in [0.05, 0.1) is 11.1 Å². The summed E-state index contributed by atoms with van der Waals surface area (Å²) in [6.07, 6.45) is 6.61. The van der Waals surface area contributed by atoms with E-state index in [1.807, 2.05) is 30.3 Å². The Balaban J connectivity index is 1.60. The summed E-state index contributed by atoms with van der Waals surface area (Å²) in [5, 5.41) is 3.56. The molecule has 1 saturated carbocycles. The molecule has 0 bridgehead atoms. The predicted octanol–water partition coefficient (Wildman–Crippen LogP) is 3.97. The largest absolute Gasteiger partial charge is 0.452 e. The minimum absolute atomic E-state index is 0.248. The van der Waals surface area contributed by atoms with Crippen molar-refractivity contribution in [2.75, 3.05) is 13.2 Å². The van der Waals surface area contributed by atoms with Crippen LogP contribution >= 0.6 is 0 Å². The van der Waals surface area contributed by atoms with Gasteiger partial charge in [-0.1, -0.05) is 44.4 Å². The summed E-state index contributed by atoms with van der Waals surface area (Å²) in [6.45, 7) is 2.53. The van der Waals surface area contributed by atoms with Gasteiger partial charge in [-0.25, -0.2) is 4.79 Å². The number of hydrogen-bond acceptors (Lipinski definition) is 4. The number of unbranched alkanes of at least 4 members (excludes halogenated alkanes) is 3. The molecular weight excluding hydrogens is 328 g/mol. The molecule has 1 N–H and O–H groups in total. The monoisotopic (exact) mass is 354 g/mol. The van der Waals surface area contributed by atoms with Gasteiger partial charge in [0.25, 0.3) is 5.91 Å². The fraction of sp³-hybridized carbons (Fsp3) is 0.476. The summed E-state index contributed by atoms with van der Waals surface area (Å²) in [6, 6.07) is 9.38. The molecule has 1 aromatic heterocycles. The molecule has 138 valence electrons. The van der Waals surface area contributed by atoms with Crippen LogP contribution in [0.15, 0.2) is 30.3 Å². The maximum Gasteiger partial charge on any atom is 0.339 e. The minimum Gasteiger partial charge on any atom is -0.452 e. The molecule has 2 aromatic rings. The van der Waals surface area contributed by atoms with E-state index < -0.39 is 5.97 Å². The fourth-order valence-electron chi connectivity index (χ4n) is 2.99. The molecule has 1 amide bonds. The summed E-state index contributed by atoms with van der Waals surface area (Å²) in [7, 11) is 0. The molecule has 0 aliphatic heterocycles. The van der Waals surface area contributed by atoms with E-state index in [1.165, 1.54) is 6.42 Å². The zero-order valence-corrected chi connectivity index (χ0v) is 15.3. The maximum absolute atomic E-state index is 12.5. The number of rotatable bonds is 9. The average molecular weight is 354 g/mol. The average Bonchev–Trinajstić information content (AvgIpc) is 3.50. The van der Waals surface area contributed by atoms with Crippen molar-refractivity contribution in [3.63, 3.8) is 0 Å². The van der Waals surface area contributed by atoms with Crippen LogP contribution in [-0.4, -0.2) is 30.0 Å². The minimum atomic E-state index is -0.466. The number of carbonyl (C=O) groups is 2. The number of aromatic nitrogens is 1. The van der Waals surface area contributed by atoms with E-state index in [4.69, 9.17) is 4.74 Å². The lowest BCUT2D eigenvalue weighted by molar-refractivity contribution is -0.124. The summed E-state index contributed by atoms with van der Waals surface area (Å²) < 4.78 is 5.25. The number of nitrogens with one attached hydrogen (secondary N) is 1. The molecule has 0 spiro atoms. The van der Waals surface area contributed by atoms with Crippen molar-refractivity contribution < 1.29 is 14.3 Å². The normalized spacial score (nSPS) is 13.6. The quantitative estimate of drug-likeness (QED) is 0.546. The standard InChI is InChI=1S/C21H26N2O3/c1-2-3-4-7-12-22-20(24)14-26-21(25)17-13-19(15-10-11-15)23-18-9-6-5-8-16(17)18/h5-6,8-9,13,15H,2-4,7,10-12,14H2,1H3,(H,22,24). The third kappa shape index (κ3) is 4.81. The highest BCUT2D eigenvalue weighted by Crippen LogP contribution is 2.40. The van der Waals surface area contributed by atoms with Crippen LogP contribution in [0.3, 0.4) is 0 Å². The van der Waals surface area contributed by atoms with E-state index in [-0.39, 0.29) is 12.5 Å². The van der Waals surface area contributed by atoms with Crippen LogP contribution in [0.25, 0.3) is 10.9 Å². The second-order valence-corrected chi connectivity index (χ2v) is 6.87. The first kappa shape index (κ1) is 18.4. The van der Waals surface area contributed by atoms with E-state index in [9.17, 15) is 9.59 Å². The van der Waals surface area contributed by atoms with Gasteiger partial charge in [-0.05, 0) is 31.4 Å². The summed E-state index contributed by atoms with van der Waals surface area (Å²) >= 11 is 0. The molecule has 1 aliphatic carbocycles. The van der Waals surface area contributed by atoms with Crippen molar-refractivity contribution in [3.05, 3.63) is 41.6 Å². The van der Waals surface area contributed by atoms with Crippen LogP contribution in [0.1, 0.15) is 67.4 Å². The van der Waals surface area contributed by atoms with E-state index in [1.54, 1.807) is 0 Å². The number of fused-ring (bicyclic) bond motifs is 1. The molecule has 0 saturated heterocycles. The van der Waals surface area contributed by atoms with Crippen LogP contribution < -0.4 is 5.32 Å². The van der Waals surface area contributed by atoms with Crippen LogP contribution in [0.5, 0.6) is 0 Å². The van der Waals surface area contributed by atoms with Crippen LogP contribution in [0.4, 0.5) is 0 Å². The highest BCUT2D eigenvalue weighted by molar-refractivity contribution is 6.04. The Morgan fingerprint density at radius 1 is 1.19 bits per heavy atom. The summed E-state index contributed by atoms with van der Waals surface area (Å²) in [5.74, 6) is -0.278. The van der Waals surface area contributed by atoms with Gasteiger partial charge in [-0.2, -0.15) is 0 Å². The van der Waals surface area contributed by atoms with E-state index in [0.29, 0.717) is 18.0 Å². The number of esters is 1. The Bertz CT molecular complexity index is 784. The molecule has 0 unspecified atom stereocenters. The van der Waals surface area contributed by atoms with E-state index >= 15 is 0 Å². The lowest BCUT2D eigenvalue weighted by Crippen LogP contribution is -2.29. The number of nitrogens with zero attached hydrogens (tertiary/aromatic N) is 1. The van der Waals surface area contributed by atoms with Crippen LogP contribution in [0, 0.1) is 0 Å². The summed E-state index contributed by atoms with van der Waals surface area (Å²) in [4.78, 5) is 29.1. The number of benzene rings is 1. The fourth-order valence-corrected chi connectivity index (χ4v) is 2.99. The van der Waals surface area contributed by atoms with Gasteiger partial charge in [0.2, 0.25) is 0 Å². The third-order valence-electron chi connectivity index (χ3n) is 4.64. The molecule has 1 aromatic carbocycles. The number of carbonyl (C=O) groups excluding carboxylic acids is 2. The van der Waals surface area contributed by atoms with Crippen molar-refractivity contribution in [2.45, 2.75) is 51.4 Å². The molecule has 5 nitrogen and oxygen atoms in total. The first-order chi connectivity index (χ1) is 12.7. The molecule has 1 aliphatic rings. The number of hydrogen-bond donors (Lipinski definition) is 1. The Kier molecular flexibility index (Phi) is 6.21. The number of ether oxygens (including phenoxy) is 1. The molecule has 0 radical (unpaired) electrons. The molecule has 5 heteroatoms. The zero-order valence-electron chi connectivity index (χ0n) is 15.3. The van der Waals surface area contributed by atoms with Gasteiger partial charge in [-0.15, -0.1) is 0 Å². The maximum atomic E-state index is 12.5. The second-order valence-electron chi connectivity index (χ2n) is 6.87. The van der Waals surface area contributed by atoms with Gasteiger partial charge in [0, 0.05) is 23.5 Å². The highest BCUT2D eigenvalue weighted by atomic mass is 16.5. The molecule has 1 heterocycles. The van der Waals surface area contributed by atoms with E-state index in [2.05, 4.69) is 17.2 Å². The van der Waals surface area contributed by atoms with Gasteiger partial charge < -0.3 is 10.1 Å². The molecule has 3 rings (SSSR count). The SMILES string of the molecule is CCCCCCNC(=O)COC(=O)c1cc(C2CC2)nc2ccccc12. The zero-order chi connectivity index (χ0) is 18.4. The highest BCUT2D eigenvalue weighted by Gasteiger charge is 2.27. The first-order valence-electron chi connectivity index (χ1n) is 9.52. The van der Waals surface area contributed by atoms with Crippen molar-refractivity contribution in [3.8, 4) is 0 Å². The third-order valence-corrected chi connectivity index (χ3v) is 4.64. The van der Waals surface area contributed by atoms with E-state index in [0.717, 1.165) is 48.7 Å². The molecular formula is C21H26N2O3. The summed E-state index contributed by atoms with van der Waals surface area (Å²) in [5.41, 5.74) is 2.23. The Morgan fingerprint density at radius 2 is 2.00 bits per heavy atom. The Labute approximate surface area is 154 Å². The number of pyridine rings is 1. The Hall–Kier alpha value is -2.43. The van der Waals surface area contributed by atoms with Gasteiger partial charge in [-0.3, -0.25) is 9.78 Å². The van der Waals surface area contributed by atoms with Gasteiger partial charge in [0.15, 0.2) is 6.61 Å². The smallest absolute Gasteiger partial charge is 0.339 e. The number of para-hydroxylation sites is 1. The van der Waals surface area contributed by atoms with Crippen molar-refractivity contribution in [2.24, 2.45) is 0 Å². The van der Waals surface area contributed by atoms with Crippen molar-refractivity contribution in [1.29, 1.82) is 0 Å². The lowest BCUT2D eigenvalue weighted by atomic mass is 10.1. The van der Waals surface area contributed by atoms with Crippen molar-refractivity contribution in [1.82, 2.24) is 10.3 Å². The second kappa shape index (κ2) is 8.79. The van der Waals surface area contributed by atoms with Gasteiger partial charge in [0.1, 0.15) is 0 Å². The predicted molar refractivity (Wildman–Crippen MR) is 101 cm³/mol. The molecule has 1 fully saturated rings. The Morgan fingerprint density at radius 3 is 2.77 bits per heavy atom. The topological polar surface area (TPSA) is 68.3 Å². The van der Waals surface area contributed by atoms with Crippen LogP contribution in [-0.2, 0) is 9.53 Å². The van der Waals surface area contributed by atoms with Crippen molar-refractivity contribution >= 4 is 22.8 Å². The first-order valence-corrected chi connectivity index (χ1v) is 9.52. The lowest BCUT2D eigenvalue weighted by Gasteiger charge is -2.10. The molecule has 0 atom stereocenters. The van der Waals surface area contributed by atoms with Crippen LogP contribution in [0.2, 0.25) is 0 Å². The molecule has 26 heavy (non-hydrogen) atoms. The number of amides is 1. The van der Waals surface area contributed by atoms with Gasteiger partial charge >= 0.3 is 5.97 Å².